The van der Waals surface area contributed by atoms with E-state index in [-0.39, 0.29) is 11.8 Å². The Labute approximate surface area is 184 Å². The fourth-order valence-corrected chi connectivity index (χ4v) is 5.51. The number of H-pyrrole nitrogens is 1. The lowest BCUT2D eigenvalue weighted by molar-refractivity contribution is -0.138. The van der Waals surface area contributed by atoms with Crippen molar-refractivity contribution in [1.29, 1.82) is 0 Å². The molecule has 1 saturated heterocycles. The van der Waals surface area contributed by atoms with Crippen LogP contribution in [0.15, 0.2) is 24.3 Å². The zero-order valence-electron chi connectivity index (χ0n) is 17.7. The molecule has 0 bridgehead atoms. The summed E-state index contributed by atoms with van der Waals surface area (Å²) in [6, 6.07) is 5.78. The molecule has 0 radical (unpaired) electrons. The number of carbonyl (C=O) groups is 1. The van der Waals surface area contributed by atoms with Crippen LogP contribution in [-0.2, 0) is 19.1 Å². The third-order valence-electron chi connectivity index (χ3n) is 5.95. The maximum Gasteiger partial charge on any atom is 0.416 e. The van der Waals surface area contributed by atoms with E-state index in [4.69, 9.17) is 0 Å². The summed E-state index contributed by atoms with van der Waals surface area (Å²) in [6.45, 7) is 6.78. The molecule has 5 nitrogen and oxygen atoms in total. The molecule has 1 fully saturated rings. The average Bonchev–Trinajstić information content (AvgIpc) is 3.15. The molecular weight excluding hydrogens is 425 g/mol. The lowest BCUT2D eigenvalue weighted by atomic mass is 9.86. The molecule has 31 heavy (non-hydrogen) atoms. The van der Waals surface area contributed by atoms with Gasteiger partial charge in [-0.05, 0) is 36.8 Å². The lowest BCUT2D eigenvalue weighted by Gasteiger charge is -2.33. The van der Waals surface area contributed by atoms with E-state index in [1.165, 1.54) is 6.07 Å². The number of aromatic amines is 1. The minimum absolute atomic E-state index is 0.120. The summed E-state index contributed by atoms with van der Waals surface area (Å²) in [6.07, 6.45) is -2.56. The smallest absolute Gasteiger partial charge is 0.337 e. The lowest BCUT2D eigenvalue weighted by Crippen LogP contribution is -2.39. The van der Waals surface area contributed by atoms with Crippen molar-refractivity contribution in [3.8, 4) is 0 Å². The van der Waals surface area contributed by atoms with Gasteiger partial charge in [-0.3, -0.25) is 9.89 Å². The first-order valence-electron chi connectivity index (χ1n) is 10.7. The normalized spacial score (nSPS) is 18.5. The van der Waals surface area contributed by atoms with Gasteiger partial charge in [0.15, 0.2) is 5.69 Å². The van der Waals surface area contributed by atoms with Crippen molar-refractivity contribution in [3.63, 3.8) is 0 Å². The van der Waals surface area contributed by atoms with Crippen LogP contribution in [0, 0.1) is 0 Å². The molecule has 0 spiro atoms. The number of benzene rings is 1. The number of aromatic nitrogens is 2. The molecule has 0 aliphatic carbocycles. The predicted molar refractivity (Wildman–Crippen MR) is 115 cm³/mol. The number of hydrogen-bond acceptors (Lipinski definition) is 4. The number of fused-ring (bicyclic) bond motifs is 1. The summed E-state index contributed by atoms with van der Waals surface area (Å²) in [5.74, 6) is -0.318. The summed E-state index contributed by atoms with van der Waals surface area (Å²) >= 11 is 1.80. The quantitative estimate of drug-likeness (QED) is 0.673. The number of piperidine rings is 1. The summed E-state index contributed by atoms with van der Waals surface area (Å²) in [7, 11) is 0. The molecule has 4 rings (SSSR count). The number of halogens is 3. The predicted octanol–water partition coefficient (Wildman–Crippen LogP) is 4.86. The van der Waals surface area contributed by atoms with E-state index in [0.717, 1.165) is 36.8 Å². The first-order chi connectivity index (χ1) is 14.7. The van der Waals surface area contributed by atoms with Crippen molar-refractivity contribution in [2.24, 2.45) is 0 Å². The second-order valence-corrected chi connectivity index (χ2v) is 10.1. The van der Waals surface area contributed by atoms with Crippen molar-refractivity contribution in [2.45, 2.75) is 57.0 Å². The Morgan fingerprint density at radius 3 is 2.58 bits per heavy atom. The van der Waals surface area contributed by atoms with Crippen molar-refractivity contribution < 1.29 is 18.0 Å². The molecule has 1 aromatic heterocycles. The van der Waals surface area contributed by atoms with Gasteiger partial charge in [0, 0.05) is 30.4 Å². The van der Waals surface area contributed by atoms with Gasteiger partial charge >= 0.3 is 6.18 Å². The van der Waals surface area contributed by atoms with Crippen LogP contribution in [0.25, 0.3) is 0 Å². The number of rotatable bonds is 4. The van der Waals surface area contributed by atoms with Gasteiger partial charge in [0.05, 0.1) is 17.8 Å². The Balaban J connectivity index is 1.42. The molecule has 2 aromatic rings. The van der Waals surface area contributed by atoms with Crippen LogP contribution in [-0.4, -0.2) is 50.2 Å². The number of alkyl halides is 3. The van der Waals surface area contributed by atoms with E-state index in [1.54, 1.807) is 29.0 Å². The van der Waals surface area contributed by atoms with E-state index in [2.05, 4.69) is 28.4 Å². The highest BCUT2D eigenvalue weighted by atomic mass is 32.2. The van der Waals surface area contributed by atoms with Crippen molar-refractivity contribution in [2.75, 3.05) is 19.6 Å². The molecule has 1 amide bonds. The van der Waals surface area contributed by atoms with E-state index in [1.807, 2.05) is 0 Å². The molecule has 0 saturated carbocycles. The average molecular weight is 453 g/mol. The topological polar surface area (TPSA) is 52.2 Å². The third-order valence-corrected chi connectivity index (χ3v) is 6.98. The zero-order chi connectivity index (χ0) is 22.2. The number of nitrogens with one attached hydrogen (secondary N) is 1. The maximum atomic E-state index is 13.4. The Morgan fingerprint density at radius 2 is 1.90 bits per heavy atom. The van der Waals surface area contributed by atoms with Crippen LogP contribution in [0.1, 0.15) is 65.5 Å². The van der Waals surface area contributed by atoms with Gasteiger partial charge in [-0.1, -0.05) is 44.0 Å². The number of hydrogen-bond donors (Lipinski definition) is 1. The minimum Gasteiger partial charge on any atom is -0.337 e. The minimum atomic E-state index is -4.36. The van der Waals surface area contributed by atoms with Crippen LogP contribution >= 0.6 is 11.9 Å². The van der Waals surface area contributed by atoms with Crippen LogP contribution in [0.4, 0.5) is 13.2 Å². The summed E-state index contributed by atoms with van der Waals surface area (Å²) in [5.41, 5.74) is 2.21. The summed E-state index contributed by atoms with van der Waals surface area (Å²) in [5, 5.41) is 7.83. The standard InChI is InChI=1S/C22H27F3N4OS/c1-14(2)31-29-12-9-17-19(13-29)26-27-20(17)21(30)28-10-7-15(8-11-28)16-5-3-4-6-18(16)22(23,24)25/h3-6,14-15H,7-13H2,1-2H3,(H,26,27). The van der Waals surface area contributed by atoms with Crippen molar-refractivity contribution in [1.82, 2.24) is 19.4 Å². The monoisotopic (exact) mass is 452 g/mol. The fraction of sp³-hybridized carbons (Fsp3) is 0.545. The van der Waals surface area contributed by atoms with Gasteiger partial charge in [-0.25, -0.2) is 4.31 Å². The Hall–Kier alpha value is -2.00. The summed E-state index contributed by atoms with van der Waals surface area (Å²) in [4.78, 5) is 14.8. The van der Waals surface area contributed by atoms with Crippen molar-refractivity contribution >= 4 is 17.9 Å². The Bertz CT molecular complexity index is 935. The van der Waals surface area contributed by atoms with Gasteiger partial charge in [-0.2, -0.15) is 18.3 Å². The number of likely N-dealkylation sites (tertiary alicyclic amines) is 1. The van der Waals surface area contributed by atoms with Gasteiger partial charge in [0.2, 0.25) is 0 Å². The SMILES string of the molecule is CC(C)SN1CCc2c(C(=O)N3CCC(c4ccccc4C(F)(F)F)CC3)n[nH]c2C1. The molecule has 0 unspecified atom stereocenters. The number of nitrogens with zero attached hydrogens (tertiary/aromatic N) is 3. The fourth-order valence-electron chi connectivity index (χ4n) is 4.51. The van der Waals surface area contributed by atoms with Gasteiger partial charge in [-0.15, -0.1) is 0 Å². The molecule has 168 valence electrons. The second-order valence-electron chi connectivity index (χ2n) is 8.45. The third kappa shape index (κ3) is 4.77. The zero-order valence-corrected chi connectivity index (χ0v) is 18.5. The molecule has 1 N–H and O–H groups in total. The molecule has 3 heterocycles. The molecule has 2 aliphatic rings. The van der Waals surface area contributed by atoms with Gasteiger partial charge in [0.1, 0.15) is 0 Å². The highest BCUT2D eigenvalue weighted by Gasteiger charge is 2.36. The largest absolute Gasteiger partial charge is 0.416 e. The summed E-state index contributed by atoms with van der Waals surface area (Å²) < 4.78 is 42.4. The van der Waals surface area contributed by atoms with E-state index in [0.29, 0.717) is 42.4 Å². The van der Waals surface area contributed by atoms with Crippen LogP contribution in [0.5, 0.6) is 0 Å². The van der Waals surface area contributed by atoms with E-state index in [9.17, 15) is 18.0 Å². The molecule has 2 aliphatic heterocycles. The Morgan fingerprint density at radius 1 is 1.19 bits per heavy atom. The molecule has 1 aromatic carbocycles. The van der Waals surface area contributed by atoms with Gasteiger partial charge < -0.3 is 4.90 Å². The highest BCUT2D eigenvalue weighted by Crippen LogP contribution is 2.39. The van der Waals surface area contributed by atoms with Crippen molar-refractivity contribution in [3.05, 3.63) is 52.3 Å². The van der Waals surface area contributed by atoms with Gasteiger partial charge in [0.25, 0.3) is 5.91 Å². The van der Waals surface area contributed by atoms with Crippen LogP contribution in [0.3, 0.4) is 0 Å². The first kappa shape index (κ1) is 22.2. The number of amides is 1. The maximum absolute atomic E-state index is 13.4. The second kappa shape index (κ2) is 8.86. The van der Waals surface area contributed by atoms with E-state index < -0.39 is 11.7 Å². The molecular formula is C22H27F3N4OS. The van der Waals surface area contributed by atoms with Crippen LogP contribution < -0.4 is 0 Å². The number of carbonyl (C=O) groups excluding carboxylic acids is 1. The Kier molecular flexibility index (Phi) is 6.35. The first-order valence-corrected chi connectivity index (χ1v) is 11.5. The molecule has 0 atom stereocenters. The van der Waals surface area contributed by atoms with E-state index >= 15 is 0 Å². The van der Waals surface area contributed by atoms with Crippen LogP contribution in [0.2, 0.25) is 0 Å². The highest BCUT2D eigenvalue weighted by molar-refractivity contribution is 7.97. The molecule has 9 heteroatoms.